The van der Waals surface area contributed by atoms with Crippen LogP contribution >= 0.6 is 0 Å². The molecule has 8 heteroatoms. The lowest BCUT2D eigenvalue weighted by atomic mass is 10.1. The average molecular weight is 319 g/mol. The Morgan fingerprint density at radius 2 is 1.91 bits per heavy atom. The largest absolute Gasteiger partial charge is 0.493 e. The summed E-state index contributed by atoms with van der Waals surface area (Å²) in [6.07, 6.45) is 3.34. The third-order valence-corrected chi connectivity index (χ3v) is 2.84. The normalized spacial score (nSPS) is 11.6. The molecule has 0 saturated heterocycles. The molecule has 0 heterocycles. The molecule has 1 unspecified atom stereocenters. The van der Waals surface area contributed by atoms with Gasteiger partial charge in [0.1, 0.15) is 11.8 Å². The quantitative estimate of drug-likeness (QED) is 0.418. The third-order valence-electron chi connectivity index (χ3n) is 2.84. The Morgan fingerprint density at radius 1 is 1.26 bits per heavy atom. The number of carboxylic acids is 1. The highest BCUT2D eigenvalue weighted by Crippen LogP contribution is 2.27. The molecule has 0 aliphatic rings. The first kappa shape index (κ1) is 17.9. The van der Waals surface area contributed by atoms with Gasteiger partial charge in [0.05, 0.1) is 14.2 Å². The highest BCUT2D eigenvalue weighted by molar-refractivity contribution is 6.40. The van der Waals surface area contributed by atoms with Crippen molar-refractivity contribution in [2.45, 2.75) is 6.04 Å². The molecule has 122 valence electrons. The number of carbonyl (C=O) groups excluding carboxylic acids is 1. The lowest BCUT2D eigenvalue weighted by molar-refractivity contribution is -0.129. The summed E-state index contributed by atoms with van der Waals surface area (Å²) in [6.45, 7) is 0. The second-order valence-electron chi connectivity index (χ2n) is 4.32. The van der Waals surface area contributed by atoms with Crippen molar-refractivity contribution in [3.05, 3.63) is 29.8 Å². The number of hydrogen-bond donors (Lipinski definition) is 4. The first-order chi connectivity index (χ1) is 10.9. The van der Waals surface area contributed by atoms with Crippen LogP contribution in [-0.2, 0) is 9.59 Å². The summed E-state index contributed by atoms with van der Waals surface area (Å²) < 4.78 is 10.2. The van der Waals surface area contributed by atoms with Gasteiger partial charge in [0.2, 0.25) is 5.91 Å². The summed E-state index contributed by atoms with van der Waals surface area (Å²) in [5.41, 5.74) is -0.120. The van der Waals surface area contributed by atoms with Crippen LogP contribution in [-0.4, -0.2) is 49.2 Å². The maximum absolute atomic E-state index is 11.7. The van der Waals surface area contributed by atoms with Gasteiger partial charge in [-0.15, -0.1) is 0 Å². The van der Waals surface area contributed by atoms with E-state index in [0.29, 0.717) is 23.3 Å². The van der Waals surface area contributed by atoms with Crippen molar-refractivity contribution in [2.75, 3.05) is 14.2 Å². The topological polar surface area (TPSA) is 133 Å². The monoisotopic (exact) mass is 319 g/mol. The van der Waals surface area contributed by atoms with Gasteiger partial charge >= 0.3 is 5.97 Å². The van der Waals surface area contributed by atoms with E-state index >= 15 is 0 Å². The van der Waals surface area contributed by atoms with Crippen LogP contribution in [0.5, 0.6) is 11.5 Å². The molecule has 0 saturated carbocycles. The first-order valence-corrected chi connectivity index (χ1v) is 6.45. The predicted octanol–water partition coefficient (Wildman–Crippen LogP) is 0.956. The fourth-order valence-electron chi connectivity index (χ4n) is 1.66. The van der Waals surface area contributed by atoms with E-state index in [2.05, 4.69) is 5.32 Å². The Morgan fingerprint density at radius 3 is 2.43 bits per heavy atom. The molecule has 0 aliphatic carbocycles. The Labute approximate surface area is 132 Å². The lowest BCUT2D eigenvalue weighted by Gasteiger charge is -2.10. The minimum absolute atomic E-state index is 0.500. The number of hydrogen-bond acceptors (Lipinski definition) is 6. The lowest BCUT2D eigenvalue weighted by Crippen LogP contribution is -2.43. The predicted molar refractivity (Wildman–Crippen MR) is 84.7 cm³/mol. The first-order valence-electron chi connectivity index (χ1n) is 6.45. The number of carbonyl (C=O) groups is 2. The Kier molecular flexibility index (Phi) is 6.47. The highest BCUT2D eigenvalue weighted by atomic mass is 16.5. The van der Waals surface area contributed by atoms with Crippen LogP contribution in [0.4, 0.5) is 0 Å². The Hall–Kier alpha value is -3.16. The van der Waals surface area contributed by atoms with E-state index < -0.39 is 23.6 Å². The highest BCUT2D eigenvalue weighted by Gasteiger charge is 2.19. The van der Waals surface area contributed by atoms with Crippen molar-refractivity contribution in [3.63, 3.8) is 0 Å². The molecule has 8 nitrogen and oxygen atoms in total. The van der Waals surface area contributed by atoms with E-state index in [-0.39, 0.29) is 0 Å². The maximum Gasteiger partial charge on any atom is 0.352 e. The van der Waals surface area contributed by atoms with Gasteiger partial charge in [-0.2, -0.15) is 0 Å². The van der Waals surface area contributed by atoms with Crippen molar-refractivity contribution in [2.24, 2.45) is 0 Å². The molecular formula is C15H17N3O5. The summed E-state index contributed by atoms with van der Waals surface area (Å²) >= 11 is 0. The molecule has 23 heavy (non-hydrogen) atoms. The van der Waals surface area contributed by atoms with Crippen LogP contribution in [0.1, 0.15) is 5.56 Å². The van der Waals surface area contributed by atoms with Crippen LogP contribution in [0, 0.1) is 10.8 Å². The molecule has 1 rings (SSSR count). The summed E-state index contributed by atoms with van der Waals surface area (Å²) in [7, 11) is 3.00. The second kappa shape index (κ2) is 8.32. The van der Waals surface area contributed by atoms with E-state index in [9.17, 15) is 9.59 Å². The number of carboxylic acid groups (broad SMARTS) is 1. The van der Waals surface area contributed by atoms with Gasteiger partial charge < -0.3 is 25.3 Å². The zero-order valence-corrected chi connectivity index (χ0v) is 12.6. The molecule has 0 fully saturated rings. The molecule has 0 radical (unpaired) electrons. The number of rotatable bonds is 8. The maximum atomic E-state index is 11.7. The molecule has 1 amide bonds. The molecule has 0 bridgehead atoms. The van der Waals surface area contributed by atoms with Gasteiger partial charge in [-0.25, -0.2) is 4.79 Å². The average Bonchev–Trinajstić information content (AvgIpc) is 2.56. The van der Waals surface area contributed by atoms with Gasteiger partial charge in [0.25, 0.3) is 0 Å². The zero-order valence-electron chi connectivity index (χ0n) is 12.6. The number of methoxy groups -OCH3 is 2. The molecule has 4 N–H and O–H groups in total. The van der Waals surface area contributed by atoms with Crippen molar-refractivity contribution < 1.29 is 24.2 Å². The molecule has 0 aliphatic heterocycles. The Balaban J connectivity index is 2.80. The number of nitrogens with one attached hydrogen (secondary N) is 3. The van der Waals surface area contributed by atoms with Crippen molar-refractivity contribution in [1.29, 1.82) is 10.8 Å². The fourth-order valence-corrected chi connectivity index (χ4v) is 1.66. The molecule has 0 spiro atoms. The molecule has 1 aromatic carbocycles. The van der Waals surface area contributed by atoms with Crippen molar-refractivity contribution >= 4 is 29.9 Å². The van der Waals surface area contributed by atoms with E-state index in [1.807, 2.05) is 0 Å². The van der Waals surface area contributed by atoms with Gasteiger partial charge in [-0.05, 0) is 23.8 Å². The number of amides is 1. The summed E-state index contributed by atoms with van der Waals surface area (Å²) in [5.74, 6) is -1.07. The molecule has 0 aromatic heterocycles. The van der Waals surface area contributed by atoms with Gasteiger partial charge in [0.15, 0.2) is 11.5 Å². The summed E-state index contributed by atoms with van der Waals surface area (Å²) in [4.78, 5) is 22.4. The van der Waals surface area contributed by atoms with E-state index in [0.717, 1.165) is 0 Å². The van der Waals surface area contributed by atoms with Crippen LogP contribution in [0.15, 0.2) is 24.3 Å². The number of aliphatic carboxylic acids is 1. The van der Waals surface area contributed by atoms with Crippen LogP contribution in [0.3, 0.4) is 0 Å². The van der Waals surface area contributed by atoms with Crippen LogP contribution in [0.2, 0.25) is 0 Å². The molecular weight excluding hydrogens is 302 g/mol. The second-order valence-corrected chi connectivity index (χ2v) is 4.32. The van der Waals surface area contributed by atoms with Gasteiger partial charge in [-0.1, -0.05) is 6.07 Å². The van der Waals surface area contributed by atoms with Crippen molar-refractivity contribution in [1.82, 2.24) is 5.32 Å². The number of benzene rings is 1. The minimum atomic E-state index is -1.50. The standard InChI is InChI=1S/C15H17N3O5/c1-22-11-5-3-9(7-12(11)23-2)4-6-13(19)18-10(8-16)14(17)15(20)21/h3-8,10,16-17H,1-2H3,(H,18,19)(H,20,21)/b6-4+,16-8?,17-14?. The summed E-state index contributed by atoms with van der Waals surface area (Å²) in [6, 6.07) is 3.76. The molecule has 1 atom stereocenters. The zero-order chi connectivity index (χ0) is 17.4. The molecule has 1 aromatic rings. The number of ether oxygens (including phenoxy) is 2. The smallest absolute Gasteiger partial charge is 0.352 e. The minimum Gasteiger partial charge on any atom is -0.493 e. The van der Waals surface area contributed by atoms with E-state index in [1.165, 1.54) is 26.4 Å². The third kappa shape index (κ3) is 4.95. The van der Waals surface area contributed by atoms with E-state index in [1.54, 1.807) is 18.2 Å². The van der Waals surface area contributed by atoms with Gasteiger partial charge in [0, 0.05) is 12.3 Å². The Bertz CT molecular complexity index is 655. The summed E-state index contributed by atoms with van der Waals surface area (Å²) in [5, 5.41) is 25.3. The van der Waals surface area contributed by atoms with Crippen molar-refractivity contribution in [3.8, 4) is 11.5 Å². The van der Waals surface area contributed by atoms with Crippen LogP contribution < -0.4 is 14.8 Å². The van der Waals surface area contributed by atoms with E-state index in [4.69, 9.17) is 25.4 Å². The SMILES string of the molecule is COc1ccc(/C=C/C(=O)NC(C=N)C(=N)C(=O)O)cc1OC. The van der Waals surface area contributed by atoms with Crippen LogP contribution in [0.25, 0.3) is 6.08 Å². The fraction of sp³-hybridized carbons (Fsp3) is 0.200. The van der Waals surface area contributed by atoms with Gasteiger partial charge in [-0.3, -0.25) is 10.2 Å².